The fraction of sp³-hybridized carbons (Fsp3) is 0.143. The highest BCUT2D eigenvalue weighted by molar-refractivity contribution is 9.10. The van der Waals surface area contributed by atoms with Crippen molar-refractivity contribution < 1.29 is 4.74 Å². The van der Waals surface area contributed by atoms with Crippen LogP contribution in [0.1, 0.15) is 5.56 Å². The molecule has 0 fully saturated rings. The van der Waals surface area contributed by atoms with E-state index in [1.54, 1.807) is 18.6 Å². The number of nitrogens with zero attached hydrogens (tertiary/aromatic N) is 2. The average Bonchev–Trinajstić information content (AvgIpc) is 2.45. The first-order valence-corrected chi connectivity index (χ1v) is 6.43. The summed E-state index contributed by atoms with van der Waals surface area (Å²) in [5, 5.41) is 3.18. The van der Waals surface area contributed by atoms with Gasteiger partial charge in [0.25, 0.3) is 0 Å². The predicted octanol–water partition coefficient (Wildman–Crippen LogP) is 2.86. The zero-order chi connectivity index (χ0) is 13.5. The quantitative estimate of drug-likeness (QED) is 0.861. The number of rotatable bonds is 5. The number of hydrogen-bond acceptors (Lipinski definition) is 4. The van der Waals surface area contributed by atoms with Gasteiger partial charge in [0.05, 0.1) is 6.20 Å². The van der Waals surface area contributed by atoms with Crippen molar-refractivity contribution in [1.82, 2.24) is 9.97 Å². The zero-order valence-electron chi connectivity index (χ0n) is 10.1. The number of halogens is 1. The minimum absolute atomic E-state index is 0.250. The summed E-state index contributed by atoms with van der Waals surface area (Å²) in [6, 6.07) is 5.78. The first kappa shape index (κ1) is 13.4. The molecular formula is C14H12BrN3O. The van der Waals surface area contributed by atoms with Crippen molar-refractivity contribution in [3.05, 3.63) is 46.8 Å². The first-order chi connectivity index (χ1) is 9.29. The molecule has 2 aromatic rings. The summed E-state index contributed by atoms with van der Waals surface area (Å²) < 4.78 is 6.48. The third kappa shape index (κ3) is 3.97. The summed E-state index contributed by atoms with van der Waals surface area (Å²) >= 11 is 3.44. The number of ether oxygens (including phenoxy) is 1. The highest BCUT2D eigenvalue weighted by Gasteiger charge is 2.05. The highest BCUT2D eigenvalue weighted by Crippen LogP contribution is 2.24. The number of aromatic nitrogens is 2. The third-order valence-electron chi connectivity index (χ3n) is 2.36. The second-order valence-electron chi connectivity index (χ2n) is 3.69. The van der Waals surface area contributed by atoms with Crippen LogP contribution in [-0.4, -0.2) is 16.6 Å². The molecule has 0 unspecified atom stereocenters. The Labute approximate surface area is 120 Å². The van der Waals surface area contributed by atoms with Gasteiger partial charge >= 0.3 is 0 Å². The number of hydrogen-bond donors (Lipinski definition) is 1. The van der Waals surface area contributed by atoms with Gasteiger partial charge in [-0.15, -0.1) is 6.42 Å². The van der Waals surface area contributed by atoms with Gasteiger partial charge in [0.1, 0.15) is 18.2 Å². The van der Waals surface area contributed by atoms with E-state index in [1.807, 2.05) is 18.2 Å². The van der Waals surface area contributed by atoms with Gasteiger partial charge in [-0.25, -0.2) is 4.98 Å². The van der Waals surface area contributed by atoms with Crippen LogP contribution in [0.2, 0.25) is 0 Å². The van der Waals surface area contributed by atoms with E-state index < -0.39 is 0 Å². The Kier molecular flexibility index (Phi) is 4.76. The molecule has 1 aromatic heterocycles. The van der Waals surface area contributed by atoms with Crippen LogP contribution in [0, 0.1) is 12.3 Å². The maximum Gasteiger partial charge on any atom is 0.148 e. The van der Waals surface area contributed by atoms with E-state index in [1.165, 1.54) is 0 Å². The number of anilines is 1. The molecule has 1 N–H and O–H groups in total. The summed E-state index contributed by atoms with van der Waals surface area (Å²) in [6.45, 7) is 0.831. The number of benzene rings is 1. The Hall–Kier alpha value is -2.06. The molecule has 96 valence electrons. The average molecular weight is 318 g/mol. The molecule has 0 atom stereocenters. The van der Waals surface area contributed by atoms with Gasteiger partial charge in [-0.05, 0) is 18.2 Å². The lowest BCUT2D eigenvalue weighted by molar-refractivity contribution is 0.366. The summed E-state index contributed by atoms with van der Waals surface area (Å²) in [7, 11) is 0. The molecule has 0 saturated carbocycles. The lowest BCUT2D eigenvalue weighted by Crippen LogP contribution is -2.05. The standard InChI is InChI=1S/C14H12BrN3O/c1-2-7-19-13-4-3-12(15)8-11(13)9-18-14-10-16-5-6-17-14/h1,3-6,8,10H,7,9H2,(H,17,18). The smallest absolute Gasteiger partial charge is 0.148 e. The molecular weight excluding hydrogens is 306 g/mol. The predicted molar refractivity (Wildman–Crippen MR) is 77.8 cm³/mol. The van der Waals surface area contributed by atoms with Gasteiger partial charge < -0.3 is 10.1 Å². The minimum Gasteiger partial charge on any atom is -0.481 e. The second-order valence-corrected chi connectivity index (χ2v) is 4.60. The zero-order valence-corrected chi connectivity index (χ0v) is 11.7. The van der Waals surface area contributed by atoms with E-state index in [-0.39, 0.29) is 6.61 Å². The summed E-state index contributed by atoms with van der Waals surface area (Å²) in [5.41, 5.74) is 0.996. The minimum atomic E-state index is 0.250. The van der Waals surface area contributed by atoms with Crippen LogP contribution in [0.25, 0.3) is 0 Å². The van der Waals surface area contributed by atoms with Gasteiger partial charge in [-0.3, -0.25) is 4.98 Å². The van der Waals surface area contributed by atoms with E-state index in [0.717, 1.165) is 15.8 Å². The van der Waals surface area contributed by atoms with Gasteiger partial charge in [0.2, 0.25) is 0 Å². The Morgan fingerprint density at radius 3 is 3.00 bits per heavy atom. The normalized spacial score (nSPS) is 9.68. The Morgan fingerprint density at radius 1 is 1.37 bits per heavy atom. The first-order valence-electron chi connectivity index (χ1n) is 5.64. The van der Waals surface area contributed by atoms with Crippen molar-refractivity contribution in [2.75, 3.05) is 11.9 Å². The second kappa shape index (κ2) is 6.76. The van der Waals surface area contributed by atoms with Gasteiger partial charge in [-0.1, -0.05) is 21.9 Å². The maximum absolute atomic E-state index is 5.50. The lowest BCUT2D eigenvalue weighted by atomic mass is 10.2. The van der Waals surface area contributed by atoms with Crippen LogP contribution >= 0.6 is 15.9 Å². The summed E-state index contributed by atoms with van der Waals surface area (Å²) in [4.78, 5) is 8.14. The van der Waals surface area contributed by atoms with E-state index in [2.05, 4.69) is 37.1 Å². The molecule has 0 aliphatic heterocycles. The molecule has 2 rings (SSSR count). The van der Waals surface area contributed by atoms with Crippen molar-refractivity contribution in [1.29, 1.82) is 0 Å². The van der Waals surface area contributed by atoms with Crippen LogP contribution in [0.15, 0.2) is 41.3 Å². The van der Waals surface area contributed by atoms with Crippen molar-refractivity contribution in [2.24, 2.45) is 0 Å². The molecule has 4 nitrogen and oxygen atoms in total. The van der Waals surface area contributed by atoms with Crippen molar-refractivity contribution in [3.63, 3.8) is 0 Å². The largest absolute Gasteiger partial charge is 0.481 e. The number of nitrogens with one attached hydrogen (secondary N) is 1. The maximum atomic E-state index is 5.50. The molecule has 0 saturated heterocycles. The Balaban J connectivity index is 2.10. The highest BCUT2D eigenvalue weighted by atomic mass is 79.9. The van der Waals surface area contributed by atoms with Crippen LogP contribution in [0.4, 0.5) is 5.82 Å². The van der Waals surface area contributed by atoms with Crippen LogP contribution in [0.5, 0.6) is 5.75 Å². The van der Waals surface area contributed by atoms with Crippen molar-refractivity contribution in [2.45, 2.75) is 6.54 Å². The third-order valence-corrected chi connectivity index (χ3v) is 2.85. The SMILES string of the molecule is C#CCOc1ccc(Br)cc1CNc1cnccn1. The summed E-state index contributed by atoms with van der Waals surface area (Å²) in [6.07, 6.45) is 10.1. The lowest BCUT2D eigenvalue weighted by Gasteiger charge is -2.11. The van der Waals surface area contributed by atoms with E-state index >= 15 is 0 Å². The topological polar surface area (TPSA) is 47.0 Å². The molecule has 0 radical (unpaired) electrons. The Morgan fingerprint density at radius 2 is 2.26 bits per heavy atom. The van der Waals surface area contributed by atoms with Crippen LogP contribution in [-0.2, 0) is 6.54 Å². The van der Waals surface area contributed by atoms with Crippen LogP contribution in [0.3, 0.4) is 0 Å². The van der Waals surface area contributed by atoms with E-state index in [9.17, 15) is 0 Å². The van der Waals surface area contributed by atoms with Crippen molar-refractivity contribution >= 4 is 21.7 Å². The molecule has 1 heterocycles. The van der Waals surface area contributed by atoms with Gasteiger partial charge in [0.15, 0.2) is 0 Å². The molecule has 0 amide bonds. The molecule has 0 spiro atoms. The molecule has 5 heteroatoms. The van der Waals surface area contributed by atoms with Gasteiger partial charge in [0, 0.05) is 29.0 Å². The summed E-state index contributed by atoms with van der Waals surface area (Å²) in [5.74, 6) is 3.93. The fourth-order valence-corrected chi connectivity index (χ4v) is 1.93. The number of terminal acetylenes is 1. The van der Waals surface area contributed by atoms with E-state index in [0.29, 0.717) is 12.4 Å². The fourth-order valence-electron chi connectivity index (χ4n) is 1.52. The molecule has 0 aliphatic rings. The van der Waals surface area contributed by atoms with E-state index in [4.69, 9.17) is 11.2 Å². The van der Waals surface area contributed by atoms with Crippen molar-refractivity contribution in [3.8, 4) is 18.1 Å². The monoisotopic (exact) mass is 317 g/mol. The van der Waals surface area contributed by atoms with Crippen LogP contribution < -0.4 is 10.1 Å². The molecule has 0 bridgehead atoms. The van der Waals surface area contributed by atoms with Gasteiger partial charge in [-0.2, -0.15) is 0 Å². The molecule has 0 aliphatic carbocycles. The molecule has 1 aromatic carbocycles. The molecule has 19 heavy (non-hydrogen) atoms. The Bertz CT molecular complexity index is 581.